The van der Waals surface area contributed by atoms with Crippen LogP contribution in [0, 0.1) is 0 Å². The first-order valence-electron chi connectivity index (χ1n) is 13.0. The molecule has 39 heavy (non-hydrogen) atoms. The second-order valence-corrected chi connectivity index (χ2v) is 10.7. The van der Waals surface area contributed by atoms with E-state index in [1.54, 1.807) is 11.8 Å². The van der Waals surface area contributed by atoms with Gasteiger partial charge in [0.15, 0.2) is 6.23 Å². The Labute approximate surface area is 238 Å². The largest absolute Gasteiger partial charge is 0.487 e. The first kappa shape index (κ1) is 25.8. The molecule has 2 atom stereocenters. The highest BCUT2D eigenvalue weighted by molar-refractivity contribution is 6.33. The fraction of sp³-hybridized carbons (Fsp3) is 0.219. The zero-order valence-electron chi connectivity index (χ0n) is 21.5. The maximum absolute atomic E-state index is 12.6. The molecule has 4 aromatic carbocycles. The van der Waals surface area contributed by atoms with Crippen molar-refractivity contribution in [2.45, 2.75) is 32.1 Å². The lowest BCUT2D eigenvalue weighted by Gasteiger charge is -2.26. The Morgan fingerprint density at radius 3 is 1.90 bits per heavy atom. The number of fused-ring (bicyclic) bond motifs is 2. The highest BCUT2D eigenvalue weighted by atomic mass is 35.5. The van der Waals surface area contributed by atoms with Gasteiger partial charge in [0, 0.05) is 52.1 Å². The molecule has 0 saturated carbocycles. The summed E-state index contributed by atoms with van der Waals surface area (Å²) in [7, 11) is 0. The molecule has 2 aliphatic heterocycles. The Morgan fingerprint density at radius 2 is 1.31 bits per heavy atom. The van der Waals surface area contributed by atoms with Gasteiger partial charge in [-0.15, -0.1) is 0 Å². The molecule has 0 spiro atoms. The quantitative estimate of drug-likeness (QED) is 0.248. The summed E-state index contributed by atoms with van der Waals surface area (Å²) >= 11 is 12.9. The minimum absolute atomic E-state index is 0.0272. The van der Waals surface area contributed by atoms with Crippen LogP contribution in [0.3, 0.4) is 0 Å². The fourth-order valence-corrected chi connectivity index (χ4v) is 5.84. The van der Waals surface area contributed by atoms with Gasteiger partial charge < -0.3 is 14.4 Å². The predicted molar refractivity (Wildman–Crippen MR) is 155 cm³/mol. The van der Waals surface area contributed by atoms with E-state index in [-0.39, 0.29) is 18.2 Å². The Morgan fingerprint density at radius 1 is 0.769 bits per heavy atom. The number of amides is 1. The molecule has 198 valence electrons. The van der Waals surface area contributed by atoms with E-state index in [9.17, 15) is 4.79 Å². The van der Waals surface area contributed by atoms with Gasteiger partial charge in [-0.05, 0) is 23.3 Å². The second kappa shape index (κ2) is 10.9. The summed E-state index contributed by atoms with van der Waals surface area (Å²) < 4.78 is 12.7. The number of hydrogen-bond acceptors (Lipinski definition) is 4. The Kier molecular flexibility index (Phi) is 7.22. The van der Waals surface area contributed by atoms with Crippen LogP contribution in [0.25, 0.3) is 22.3 Å². The van der Waals surface area contributed by atoms with Gasteiger partial charge in [0.25, 0.3) is 0 Å². The molecule has 2 heterocycles. The van der Waals surface area contributed by atoms with Crippen LogP contribution >= 0.6 is 23.2 Å². The van der Waals surface area contributed by atoms with E-state index in [0.29, 0.717) is 29.7 Å². The van der Waals surface area contributed by atoms with E-state index in [1.165, 1.54) is 0 Å². The second-order valence-electron chi connectivity index (χ2n) is 9.91. The number of nitrogens with zero attached hydrogens (tertiary/aromatic N) is 1. The topological polar surface area (TPSA) is 50.8 Å². The van der Waals surface area contributed by atoms with Gasteiger partial charge in [0.2, 0.25) is 5.91 Å². The smallest absolute Gasteiger partial charge is 0.220 e. The van der Waals surface area contributed by atoms with Crippen LogP contribution in [0.15, 0.2) is 84.9 Å². The van der Waals surface area contributed by atoms with Crippen LogP contribution in [0.2, 0.25) is 10.0 Å². The molecule has 0 fully saturated rings. The van der Waals surface area contributed by atoms with Crippen molar-refractivity contribution in [3.05, 3.63) is 106 Å². The SMILES string of the molecule is CC(=O)N(CNC1Cc2cccc(-c3ccccc3Cl)c2O1)CC1Cc2cccc(-c3ccccc3Cl)c2O1. The van der Waals surface area contributed by atoms with Gasteiger partial charge >= 0.3 is 0 Å². The molecule has 0 aromatic heterocycles. The van der Waals surface area contributed by atoms with Gasteiger partial charge in [-0.1, -0.05) is 96.0 Å². The third kappa shape index (κ3) is 5.22. The highest BCUT2D eigenvalue weighted by Crippen LogP contribution is 2.42. The number of rotatable bonds is 7. The number of halogens is 2. The van der Waals surface area contributed by atoms with Gasteiger partial charge in [0.05, 0.1) is 13.2 Å². The van der Waals surface area contributed by atoms with E-state index in [1.807, 2.05) is 72.8 Å². The van der Waals surface area contributed by atoms with Crippen LogP contribution in [-0.2, 0) is 17.6 Å². The summed E-state index contributed by atoms with van der Waals surface area (Å²) in [6.07, 6.45) is 1.03. The van der Waals surface area contributed by atoms with Gasteiger partial charge in [0.1, 0.15) is 17.6 Å². The summed E-state index contributed by atoms with van der Waals surface area (Å²) in [6, 6.07) is 27.8. The first-order chi connectivity index (χ1) is 19.0. The van der Waals surface area contributed by atoms with Crippen molar-refractivity contribution in [2.75, 3.05) is 13.2 Å². The lowest BCUT2D eigenvalue weighted by Crippen LogP contribution is -2.47. The van der Waals surface area contributed by atoms with Gasteiger partial charge in [-0.25, -0.2) is 0 Å². The van der Waals surface area contributed by atoms with E-state index in [2.05, 4.69) is 17.4 Å². The molecule has 1 N–H and O–H groups in total. The van der Waals surface area contributed by atoms with E-state index in [0.717, 1.165) is 51.3 Å². The van der Waals surface area contributed by atoms with Crippen molar-refractivity contribution in [3.8, 4) is 33.8 Å². The summed E-state index contributed by atoms with van der Waals surface area (Å²) in [4.78, 5) is 14.4. The van der Waals surface area contributed by atoms with Crippen molar-refractivity contribution in [3.63, 3.8) is 0 Å². The Hall–Kier alpha value is -3.51. The van der Waals surface area contributed by atoms with Crippen molar-refractivity contribution in [2.24, 2.45) is 0 Å². The number of nitrogens with one attached hydrogen (secondary N) is 1. The average Bonchev–Trinajstić information content (AvgIpc) is 3.55. The van der Waals surface area contributed by atoms with Crippen molar-refractivity contribution in [1.82, 2.24) is 10.2 Å². The molecule has 4 aromatic rings. The maximum Gasteiger partial charge on any atom is 0.220 e. The van der Waals surface area contributed by atoms with Crippen molar-refractivity contribution in [1.29, 1.82) is 0 Å². The monoisotopic (exact) mass is 558 g/mol. The fourth-order valence-electron chi connectivity index (χ4n) is 5.37. The molecule has 6 rings (SSSR count). The average molecular weight is 559 g/mol. The molecule has 7 heteroatoms. The molecule has 2 unspecified atom stereocenters. The number of hydrogen-bond donors (Lipinski definition) is 1. The van der Waals surface area contributed by atoms with Crippen LogP contribution in [0.1, 0.15) is 18.1 Å². The Balaban J connectivity index is 1.12. The Bertz CT molecular complexity index is 1540. The van der Waals surface area contributed by atoms with Crippen LogP contribution in [-0.4, -0.2) is 36.4 Å². The number of carbonyl (C=O) groups excluding carboxylic acids is 1. The number of ether oxygens (including phenoxy) is 2. The summed E-state index contributed by atoms with van der Waals surface area (Å²) in [5, 5.41) is 4.79. The molecular formula is C32H28Cl2N2O3. The highest BCUT2D eigenvalue weighted by Gasteiger charge is 2.30. The normalized spacial score (nSPS) is 17.2. The molecule has 2 aliphatic rings. The number of carbonyl (C=O) groups is 1. The van der Waals surface area contributed by atoms with Crippen LogP contribution < -0.4 is 14.8 Å². The molecule has 0 bridgehead atoms. The van der Waals surface area contributed by atoms with Crippen molar-refractivity contribution < 1.29 is 14.3 Å². The molecule has 1 amide bonds. The molecule has 0 radical (unpaired) electrons. The summed E-state index contributed by atoms with van der Waals surface area (Å²) in [5.74, 6) is 1.65. The lowest BCUT2D eigenvalue weighted by atomic mass is 10.0. The maximum atomic E-state index is 12.6. The molecular weight excluding hydrogens is 531 g/mol. The van der Waals surface area contributed by atoms with E-state index in [4.69, 9.17) is 32.7 Å². The van der Waals surface area contributed by atoms with Crippen LogP contribution in [0.4, 0.5) is 0 Å². The molecule has 0 aliphatic carbocycles. The van der Waals surface area contributed by atoms with E-state index < -0.39 is 0 Å². The van der Waals surface area contributed by atoms with Gasteiger partial charge in [-0.2, -0.15) is 0 Å². The predicted octanol–water partition coefficient (Wildman–Crippen LogP) is 6.99. The standard InChI is InChI=1S/C32H28Cl2N2O3/c1-20(37)36(18-23-16-21-8-6-12-26(31(21)38-23)24-10-2-4-14-28(24)33)19-35-30-17-22-9-7-13-27(32(22)39-30)25-11-3-5-15-29(25)34/h2-15,23,30,35H,16-19H2,1H3. The zero-order valence-corrected chi connectivity index (χ0v) is 23.0. The van der Waals surface area contributed by atoms with Crippen molar-refractivity contribution >= 4 is 29.1 Å². The number of para-hydroxylation sites is 2. The third-order valence-corrected chi connectivity index (χ3v) is 7.96. The van der Waals surface area contributed by atoms with Gasteiger partial charge in [-0.3, -0.25) is 10.1 Å². The van der Waals surface area contributed by atoms with E-state index >= 15 is 0 Å². The third-order valence-electron chi connectivity index (χ3n) is 7.30. The minimum atomic E-state index is -0.251. The summed E-state index contributed by atoms with van der Waals surface area (Å²) in [5.41, 5.74) is 6.06. The number of benzene rings is 4. The molecule has 5 nitrogen and oxygen atoms in total. The first-order valence-corrected chi connectivity index (χ1v) is 13.8. The molecule has 0 saturated heterocycles. The zero-order chi connectivity index (χ0) is 26.9. The summed E-state index contributed by atoms with van der Waals surface area (Å²) in [6.45, 7) is 2.39. The lowest BCUT2D eigenvalue weighted by molar-refractivity contribution is -0.130. The van der Waals surface area contributed by atoms with Crippen LogP contribution in [0.5, 0.6) is 11.5 Å². The minimum Gasteiger partial charge on any atom is -0.487 e.